The Hall–Kier alpha value is -2.54. The average molecular weight is 342 g/mol. The van der Waals surface area contributed by atoms with Crippen LogP contribution in [0.2, 0.25) is 0 Å². The Kier molecular flexibility index (Phi) is 5.32. The van der Waals surface area contributed by atoms with Gasteiger partial charge in [-0.1, -0.05) is 30.0 Å². The summed E-state index contributed by atoms with van der Waals surface area (Å²) in [5, 5.41) is 12.4. The molecule has 0 aliphatic rings. The zero-order valence-corrected chi connectivity index (χ0v) is 13.6. The van der Waals surface area contributed by atoms with E-state index in [0.29, 0.717) is 23.6 Å². The molecule has 3 rings (SSSR count). The summed E-state index contributed by atoms with van der Waals surface area (Å²) >= 11 is 1.50. The number of carbonyl (C=O) groups is 1. The molecule has 0 N–H and O–H groups in total. The average Bonchev–Trinajstić information content (AvgIpc) is 3.08. The van der Waals surface area contributed by atoms with E-state index in [1.165, 1.54) is 36.0 Å². The fourth-order valence-electron chi connectivity index (χ4n) is 2.18. The van der Waals surface area contributed by atoms with Crippen LogP contribution in [0.3, 0.4) is 0 Å². The van der Waals surface area contributed by atoms with E-state index in [9.17, 15) is 9.18 Å². The second kappa shape index (κ2) is 7.83. The van der Waals surface area contributed by atoms with Crippen LogP contribution >= 0.6 is 11.8 Å². The highest BCUT2D eigenvalue weighted by Crippen LogP contribution is 2.19. The van der Waals surface area contributed by atoms with Crippen molar-refractivity contribution in [3.05, 3.63) is 66.0 Å². The maximum atomic E-state index is 12.9. The van der Waals surface area contributed by atoms with Crippen LogP contribution in [0.4, 0.5) is 4.39 Å². The number of aromatic nitrogens is 4. The molecule has 0 spiro atoms. The minimum Gasteiger partial charge on any atom is -0.294 e. The minimum absolute atomic E-state index is 0.0123. The van der Waals surface area contributed by atoms with Gasteiger partial charge in [-0.25, -0.2) is 4.39 Å². The molecular formula is C17H15FN4OS. The number of para-hydroxylation sites is 1. The quantitative estimate of drug-likeness (QED) is 0.373. The van der Waals surface area contributed by atoms with E-state index >= 15 is 0 Å². The molecule has 7 heteroatoms. The van der Waals surface area contributed by atoms with Crippen LogP contribution in [0, 0.1) is 5.82 Å². The fraction of sp³-hybridized carbons (Fsp3) is 0.176. The van der Waals surface area contributed by atoms with Gasteiger partial charge in [-0.3, -0.25) is 4.79 Å². The summed E-state index contributed by atoms with van der Waals surface area (Å²) in [7, 11) is 0. The largest absolute Gasteiger partial charge is 0.294 e. The van der Waals surface area contributed by atoms with Crippen LogP contribution in [0.15, 0.2) is 59.8 Å². The van der Waals surface area contributed by atoms with Crippen molar-refractivity contribution in [3.8, 4) is 5.69 Å². The van der Waals surface area contributed by atoms with Crippen molar-refractivity contribution >= 4 is 17.5 Å². The maximum absolute atomic E-state index is 12.9. The van der Waals surface area contributed by atoms with Gasteiger partial charge >= 0.3 is 0 Å². The molecule has 0 aliphatic carbocycles. The highest BCUT2D eigenvalue weighted by molar-refractivity contribution is 7.99. The highest BCUT2D eigenvalue weighted by atomic mass is 32.2. The number of hydrogen-bond acceptors (Lipinski definition) is 5. The van der Waals surface area contributed by atoms with Gasteiger partial charge in [0.2, 0.25) is 5.16 Å². The third-order valence-corrected chi connectivity index (χ3v) is 4.39. The van der Waals surface area contributed by atoms with Gasteiger partial charge < -0.3 is 0 Å². The minimum atomic E-state index is -0.338. The Balaban J connectivity index is 1.52. The molecule has 1 heterocycles. The molecule has 0 fully saturated rings. The molecule has 0 saturated heterocycles. The lowest BCUT2D eigenvalue weighted by Gasteiger charge is -2.04. The van der Waals surface area contributed by atoms with Crippen LogP contribution in [-0.4, -0.2) is 31.7 Å². The van der Waals surface area contributed by atoms with E-state index in [4.69, 9.17) is 0 Å². The number of rotatable bonds is 7. The van der Waals surface area contributed by atoms with E-state index < -0.39 is 0 Å². The maximum Gasteiger partial charge on any atom is 0.214 e. The predicted octanol–water partition coefficient (Wildman–Crippen LogP) is 3.56. The molecule has 5 nitrogen and oxygen atoms in total. The first-order chi connectivity index (χ1) is 11.7. The van der Waals surface area contributed by atoms with Crippen molar-refractivity contribution in [1.82, 2.24) is 20.2 Å². The Labute approximate surface area is 142 Å². The molecule has 0 aliphatic heterocycles. The normalized spacial score (nSPS) is 10.7. The van der Waals surface area contributed by atoms with E-state index in [1.807, 2.05) is 30.3 Å². The van der Waals surface area contributed by atoms with Gasteiger partial charge in [-0.15, -0.1) is 5.10 Å². The lowest BCUT2D eigenvalue weighted by Crippen LogP contribution is -2.01. The summed E-state index contributed by atoms with van der Waals surface area (Å²) in [5.74, 6) is 0.397. The number of halogens is 1. The number of Topliss-reactive ketones (excluding diaryl/α,β-unsaturated/α-hetero) is 1. The van der Waals surface area contributed by atoms with Crippen molar-refractivity contribution in [2.24, 2.45) is 0 Å². The smallest absolute Gasteiger partial charge is 0.214 e. The van der Waals surface area contributed by atoms with Crippen molar-refractivity contribution < 1.29 is 9.18 Å². The molecule has 3 aromatic rings. The van der Waals surface area contributed by atoms with Crippen molar-refractivity contribution in [3.63, 3.8) is 0 Å². The monoisotopic (exact) mass is 342 g/mol. The molecule has 2 aromatic carbocycles. The number of thioether (sulfide) groups is 1. The topological polar surface area (TPSA) is 60.7 Å². The second-order valence-electron chi connectivity index (χ2n) is 5.09. The molecule has 122 valence electrons. The van der Waals surface area contributed by atoms with E-state index in [1.54, 1.807) is 4.68 Å². The molecule has 0 bridgehead atoms. The van der Waals surface area contributed by atoms with Crippen LogP contribution < -0.4 is 0 Å². The number of tetrazole rings is 1. The van der Waals surface area contributed by atoms with Gasteiger partial charge in [0.25, 0.3) is 0 Å². The molecule has 0 unspecified atom stereocenters. The molecule has 0 amide bonds. The first kappa shape index (κ1) is 16.3. The number of benzene rings is 2. The van der Waals surface area contributed by atoms with Crippen LogP contribution in [0.25, 0.3) is 5.69 Å². The third-order valence-electron chi connectivity index (χ3n) is 3.39. The molecule has 1 aromatic heterocycles. The Bertz CT molecular complexity index is 805. The summed E-state index contributed by atoms with van der Waals surface area (Å²) < 4.78 is 14.5. The lowest BCUT2D eigenvalue weighted by molar-refractivity contribution is 0.0982. The Morgan fingerprint density at radius 2 is 1.83 bits per heavy atom. The lowest BCUT2D eigenvalue weighted by atomic mass is 10.1. The van der Waals surface area contributed by atoms with Gasteiger partial charge in [0, 0.05) is 17.7 Å². The number of nitrogens with zero attached hydrogens (tertiary/aromatic N) is 4. The van der Waals surface area contributed by atoms with Crippen LogP contribution in [0.5, 0.6) is 0 Å². The SMILES string of the molecule is O=C(CCCSc1nnnn1-c1ccccc1)c1ccc(F)cc1. The van der Waals surface area contributed by atoms with Gasteiger partial charge in [0.15, 0.2) is 5.78 Å². The van der Waals surface area contributed by atoms with Gasteiger partial charge in [0.1, 0.15) is 5.82 Å². The fourth-order valence-corrected chi connectivity index (χ4v) is 3.01. The molecule has 24 heavy (non-hydrogen) atoms. The summed E-state index contributed by atoms with van der Waals surface area (Å²) in [4.78, 5) is 12.0. The highest BCUT2D eigenvalue weighted by Gasteiger charge is 2.10. The molecule has 0 radical (unpaired) electrons. The number of carbonyl (C=O) groups excluding carboxylic acids is 1. The third kappa shape index (κ3) is 4.05. The van der Waals surface area contributed by atoms with E-state index in [-0.39, 0.29) is 11.6 Å². The summed E-state index contributed by atoms with van der Waals surface area (Å²) in [5.41, 5.74) is 1.43. The Morgan fingerprint density at radius 1 is 1.08 bits per heavy atom. The zero-order chi connectivity index (χ0) is 16.8. The second-order valence-corrected chi connectivity index (χ2v) is 6.15. The van der Waals surface area contributed by atoms with Crippen molar-refractivity contribution in [2.75, 3.05) is 5.75 Å². The van der Waals surface area contributed by atoms with Gasteiger partial charge in [-0.05, 0) is 53.2 Å². The molecule has 0 saturated carbocycles. The van der Waals surface area contributed by atoms with Crippen LogP contribution in [0.1, 0.15) is 23.2 Å². The summed E-state index contributed by atoms with van der Waals surface area (Å²) in [6.45, 7) is 0. The zero-order valence-electron chi connectivity index (χ0n) is 12.8. The van der Waals surface area contributed by atoms with E-state index in [2.05, 4.69) is 15.5 Å². The number of hydrogen-bond donors (Lipinski definition) is 0. The standard InChI is InChI=1S/C17H15FN4OS/c18-14-10-8-13(9-11-14)16(23)7-4-12-24-17-19-20-21-22(17)15-5-2-1-3-6-15/h1-3,5-6,8-11H,4,7,12H2. The first-order valence-electron chi connectivity index (χ1n) is 7.49. The summed E-state index contributed by atoms with van der Waals surface area (Å²) in [6.07, 6.45) is 1.11. The Morgan fingerprint density at radius 3 is 2.58 bits per heavy atom. The van der Waals surface area contributed by atoms with Crippen molar-refractivity contribution in [2.45, 2.75) is 18.0 Å². The van der Waals surface area contributed by atoms with Gasteiger partial charge in [0.05, 0.1) is 5.69 Å². The summed E-state index contributed by atoms with van der Waals surface area (Å²) in [6, 6.07) is 15.3. The van der Waals surface area contributed by atoms with Crippen LogP contribution in [-0.2, 0) is 0 Å². The molecular weight excluding hydrogens is 327 g/mol. The number of ketones is 1. The predicted molar refractivity (Wildman–Crippen MR) is 89.8 cm³/mol. The van der Waals surface area contributed by atoms with Gasteiger partial charge in [-0.2, -0.15) is 4.68 Å². The molecule has 0 atom stereocenters. The first-order valence-corrected chi connectivity index (χ1v) is 8.48. The van der Waals surface area contributed by atoms with Crippen molar-refractivity contribution in [1.29, 1.82) is 0 Å². The van der Waals surface area contributed by atoms with E-state index in [0.717, 1.165) is 11.4 Å².